The van der Waals surface area contributed by atoms with Crippen molar-refractivity contribution in [1.29, 1.82) is 0 Å². The Kier molecular flexibility index (Phi) is 6.96. The molecule has 2 saturated heterocycles. The molecule has 11 heteroatoms. The first kappa shape index (κ1) is 26.1. The minimum Gasteiger partial charge on any atom is -0.378 e. The van der Waals surface area contributed by atoms with Gasteiger partial charge in [-0.3, -0.25) is 9.52 Å². The van der Waals surface area contributed by atoms with E-state index in [1.54, 1.807) is 6.07 Å². The van der Waals surface area contributed by atoms with Gasteiger partial charge in [-0.25, -0.2) is 13.4 Å². The van der Waals surface area contributed by atoms with Crippen LogP contribution < -0.4 is 9.62 Å². The van der Waals surface area contributed by atoms with Crippen LogP contribution in [0.4, 0.5) is 11.5 Å². The molecule has 2 aliphatic heterocycles. The van der Waals surface area contributed by atoms with Crippen molar-refractivity contribution >= 4 is 33.1 Å². The van der Waals surface area contributed by atoms with Gasteiger partial charge in [-0.1, -0.05) is 13.0 Å². The predicted octanol–water partition coefficient (Wildman–Crippen LogP) is 3.74. The number of ether oxygens (including phenoxy) is 1. The molecule has 3 aromatic rings. The highest BCUT2D eigenvalue weighted by Crippen LogP contribution is 2.41. The molecule has 1 N–H and O–H groups in total. The molecule has 39 heavy (non-hydrogen) atoms. The molecular formula is C28H36N6O4S. The van der Waals surface area contributed by atoms with E-state index in [1.165, 1.54) is 0 Å². The number of amides is 1. The molecule has 3 aliphatic rings. The number of hydrogen-bond donors (Lipinski definition) is 1. The second-order valence-electron chi connectivity index (χ2n) is 10.9. The number of hydrogen-bond acceptors (Lipinski definition) is 7. The summed E-state index contributed by atoms with van der Waals surface area (Å²) >= 11 is 0. The molecule has 1 aromatic carbocycles. The number of carbonyl (C=O) groups excluding carboxylic acids is 1. The lowest BCUT2D eigenvalue weighted by atomic mass is 9.97. The normalized spacial score (nSPS) is 20.4. The molecule has 1 saturated carbocycles. The first-order chi connectivity index (χ1) is 18.8. The zero-order valence-corrected chi connectivity index (χ0v) is 23.4. The van der Waals surface area contributed by atoms with E-state index in [2.05, 4.69) is 15.7 Å². The Morgan fingerprint density at radius 3 is 2.56 bits per heavy atom. The first-order valence-electron chi connectivity index (χ1n) is 14.0. The Hall–Kier alpha value is -3.18. The van der Waals surface area contributed by atoms with Gasteiger partial charge in [0.2, 0.25) is 10.0 Å². The summed E-state index contributed by atoms with van der Waals surface area (Å²) in [5.41, 5.74) is 4.40. The lowest BCUT2D eigenvalue weighted by molar-refractivity contribution is 0.0606. The third-order valence-corrected chi connectivity index (χ3v) is 8.49. The molecule has 1 unspecified atom stereocenters. The average molecular weight is 553 g/mol. The van der Waals surface area contributed by atoms with E-state index < -0.39 is 10.0 Å². The van der Waals surface area contributed by atoms with E-state index in [9.17, 15) is 13.2 Å². The predicted molar refractivity (Wildman–Crippen MR) is 150 cm³/mol. The molecule has 208 valence electrons. The van der Waals surface area contributed by atoms with Crippen molar-refractivity contribution < 1.29 is 17.9 Å². The molecule has 1 aliphatic carbocycles. The number of anilines is 2. The van der Waals surface area contributed by atoms with Gasteiger partial charge < -0.3 is 14.5 Å². The number of fused-ring (bicyclic) bond motifs is 1. The van der Waals surface area contributed by atoms with Crippen LogP contribution >= 0.6 is 0 Å². The van der Waals surface area contributed by atoms with Crippen molar-refractivity contribution in [3.63, 3.8) is 0 Å². The summed E-state index contributed by atoms with van der Waals surface area (Å²) in [5, 5.41) is 5.04. The Balaban J connectivity index is 1.38. The number of rotatable bonds is 7. The van der Waals surface area contributed by atoms with E-state index in [0.29, 0.717) is 36.9 Å². The number of aromatic nitrogens is 3. The summed E-state index contributed by atoms with van der Waals surface area (Å²) in [6, 6.07) is 9.35. The molecule has 0 radical (unpaired) electrons. The maximum Gasteiger partial charge on any atom is 0.256 e. The van der Waals surface area contributed by atoms with E-state index >= 15 is 0 Å². The maximum absolute atomic E-state index is 14.1. The molecule has 0 bridgehead atoms. The lowest BCUT2D eigenvalue weighted by Crippen LogP contribution is -2.39. The van der Waals surface area contributed by atoms with Gasteiger partial charge in [0.25, 0.3) is 5.91 Å². The van der Waals surface area contributed by atoms with Gasteiger partial charge in [0, 0.05) is 43.4 Å². The van der Waals surface area contributed by atoms with Gasteiger partial charge in [-0.2, -0.15) is 9.61 Å². The van der Waals surface area contributed by atoms with Crippen molar-refractivity contribution in [3.05, 3.63) is 52.8 Å². The Morgan fingerprint density at radius 2 is 1.85 bits per heavy atom. The molecule has 0 spiro atoms. The van der Waals surface area contributed by atoms with E-state index in [1.807, 2.05) is 34.5 Å². The number of nitrogens with zero attached hydrogens (tertiary/aromatic N) is 5. The fraction of sp³-hybridized carbons (Fsp3) is 0.536. The zero-order chi connectivity index (χ0) is 27.1. The Labute approximate surface area is 229 Å². The largest absolute Gasteiger partial charge is 0.378 e. The van der Waals surface area contributed by atoms with Crippen molar-refractivity contribution in [1.82, 2.24) is 19.5 Å². The van der Waals surface area contributed by atoms with E-state index in [4.69, 9.17) is 14.8 Å². The second kappa shape index (κ2) is 10.4. The summed E-state index contributed by atoms with van der Waals surface area (Å²) in [6.45, 7) is 5.57. The third-order valence-electron chi connectivity index (χ3n) is 7.90. The van der Waals surface area contributed by atoms with Crippen LogP contribution in [0.15, 0.2) is 30.3 Å². The molecule has 6 rings (SSSR count). The number of morpholine rings is 1. The smallest absolute Gasteiger partial charge is 0.256 e. The van der Waals surface area contributed by atoms with Gasteiger partial charge in [0.1, 0.15) is 5.82 Å². The van der Waals surface area contributed by atoms with Crippen LogP contribution in [0.2, 0.25) is 0 Å². The van der Waals surface area contributed by atoms with Crippen molar-refractivity contribution in [2.24, 2.45) is 0 Å². The Bertz CT molecular complexity index is 1490. The molecule has 3 fully saturated rings. The van der Waals surface area contributed by atoms with E-state index in [0.717, 1.165) is 86.3 Å². The topological polar surface area (TPSA) is 109 Å². The van der Waals surface area contributed by atoms with Crippen LogP contribution in [0.25, 0.3) is 5.65 Å². The SMILES string of the molecule is CCc1ccc(NS(C)(=O)=O)c(C(=O)N2CCCCC2c2cc3nc(C4CC4)cc(N4CCOCC4)n3n2)c1. The minimum absolute atomic E-state index is 0.182. The average Bonchev–Trinajstić information content (AvgIpc) is 3.70. The highest BCUT2D eigenvalue weighted by Gasteiger charge is 2.33. The fourth-order valence-corrected chi connectivity index (χ4v) is 6.26. The van der Waals surface area contributed by atoms with Crippen molar-refractivity contribution in [3.8, 4) is 0 Å². The molecule has 2 aromatic heterocycles. The van der Waals surface area contributed by atoms with Gasteiger partial charge in [-0.05, 0) is 56.2 Å². The number of sulfonamides is 1. The van der Waals surface area contributed by atoms with Gasteiger partial charge in [-0.15, -0.1) is 0 Å². The Morgan fingerprint density at radius 1 is 1.05 bits per heavy atom. The number of piperidine rings is 1. The first-order valence-corrected chi connectivity index (χ1v) is 15.8. The monoisotopic (exact) mass is 552 g/mol. The highest BCUT2D eigenvalue weighted by atomic mass is 32.2. The summed E-state index contributed by atoms with van der Waals surface area (Å²) in [5.74, 6) is 1.35. The van der Waals surface area contributed by atoms with Gasteiger partial charge >= 0.3 is 0 Å². The van der Waals surface area contributed by atoms with Crippen molar-refractivity contribution in [2.75, 3.05) is 48.7 Å². The van der Waals surface area contributed by atoms with Crippen molar-refractivity contribution in [2.45, 2.75) is 57.4 Å². The van der Waals surface area contributed by atoms with E-state index in [-0.39, 0.29) is 11.9 Å². The number of carbonyl (C=O) groups is 1. The van der Waals surface area contributed by atoms with Crippen LogP contribution in [0, 0.1) is 0 Å². The third kappa shape index (κ3) is 5.47. The van der Waals surface area contributed by atoms with Gasteiger partial charge in [0.15, 0.2) is 5.65 Å². The minimum atomic E-state index is -3.55. The van der Waals surface area contributed by atoms with Crippen LogP contribution in [0.1, 0.15) is 78.3 Å². The summed E-state index contributed by atoms with van der Waals surface area (Å²) in [4.78, 5) is 23.2. The molecular weight excluding hydrogens is 516 g/mol. The van der Waals surface area contributed by atoms with Crippen LogP contribution in [0.5, 0.6) is 0 Å². The summed E-state index contributed by atoms with van der Waals surface area (Å²) < 4.78 is 34.2. The zero-order valence-electron chi connectivity index (χ0n) is 22.6. The van der Waals surface area contributed by atoms with Crippen LogP contribution in [-0.4, -0.2) is 72.9 Å². The second-order valence-corrected chi connectivity index (χ2v) is 12.6. The number of aryl methyl sites for hydroxylation is 1. The fourth-order valence-electron chi connectivity index (χ4n) is 5.68. The number of nitrogens with one attached hydrogen (secondary N) is 1. The lowest BCUT2D eigenvalue weighted by Gasteiger charge is -2.35. The molecule has 10 nitrogen and oxygen atoms in total. The van der Waals surface area contributed by atoms with Crippen LogP contribution in [0.3, 0.4) is 0 Å². The van der Waals surface area contributed by atoms with Gasteiger partial charge in [0.05, 0.1) is 42.5 Å². The summed E-state index contributed by atoms with van der Waals surface area (Å²) in [7, 11) is -3.55. The molecule has 1 atom stereocenters. The standard InChI is InChI=1S/C28H36N6O4S/c1-3-19-7-10-22(31-39(2,36)37)21(16-19)28(35)33-11-5-4-6-25(33)24-17-26-29-23(20-8-9-20)18-27(34(26)30-24)32-12-14-38-15-13-32/h7,10,16-18,20,25,31H,3-6,8-9,11-15H2,1-2H3. The summed E-state index contributed by atoms with van der Waals surface area (Å²) in [6.07, 6.45) is 6.85. The highest BCUT2D eigenvalue weighted by molar-refractivity contribution is 7.92. The molecule has 4 heterocycles. The quantitative estimate of drug-likeness (QED) is 0.476. The number of likely N-dealkylation sites (tertiary alicyclic amines) is 1. The van der Waals surface area contributed by atoms with Crippen LogP contribution in [-0.2, 0) is 21.2 Å². The molecule has 1 amide bonds. The maximum atomic E-state index is 14.1. The number of benzene rings is 1.